The van der Waals surface area contributed by atoms with Crippen molar-refractivity contribution in [3.8, 4) is 0 Å². The molecule has 1 N–H and O–H groups in total. The maximum atomic E-state index is 12.0. The standard InChI is InChI=1S/C42H47N3O11S3.2Na/c1-41(2)33-11-6-22-44(23-7-25-57(48,49)50)39(33)43-36(41)20-16-28-9-5-10-29(38(28)30-12-14-31(15-13-30)40(46)47)17-21-37-42(3,4)34-27-32(59(54,55)56)18-19-35(34)45(37)24-8-26-58(51,52)53;;/h6,11-22,27H,5,7-10,23-26H2,1-4H3,(H3-,46,47,48,49,50,51,52,53,54,55,56);;/q;2*+1/p-2. The fourth-order valence-electron chi connectivity index (χ4n) is 8.10. The van der Waals surface area contributed by atoms with Gasteiger partial charge in [-0.05, 0) is 133 Å². The van der Waals surface area contributed by atoms with Gasteiger partial charge in [-0.1, -0.05) is 38.1 Å². The van der Waals surface area contributed by atoms with Gasteiger partial charge in [-0.15, -0.1) is 0 Å². The normalized spacial score (nSPS) is 18.5. The first-order valence-corrected chi connectivity index (χ1v) is 23.6. The number of carbonyl (C=O) groups is 1. The first-order chi connectivity index (χ1) is 27.5. The summed E-state index contributed by atoms with van der Waals surface area (Å²) in [5, 5.41) is 9.64. The van der Waals surface area contributed by atoms with E-state index in [2.05, 4.69) is 0 Å². The summed E-state index contributed by atoms with van der Waals surface area (Å²) < 4.78 is 106. The Balaban J connectivity index is 0.00000410. The molecular weight excluding hydrogens is 865 g/mol. The van der Waals surface area contributed by atoms with Gasteiger partial charge >= 0.3 is 70.9 Å². The predicted molar refractivity (Wildman–Crippen MR) is 219 cm³/mol. The first kappa shape index (κ1) is 50.9. The molecule has 2 aromatic carbocycles. The van der Waals surface area contributed by atoms with Crippen molar-refractivity contribution in [3.63, 3.8) is 0 Å². The number of anilines is 1. The largest absolute Gasteiger partial charge is 1.00 e. The third kappa shape index (κ3) is 11.7. The van der Waals surface area contributed by atoms with E-state index in [4.69, 9.17) is 4.99 Å². The molecule has 1 aromatic heterocycles. The zero-order valence-electron chi connectivity index (χ0n) is 35.0. The fraction of sp³-hybridized carbons (Fsp3) is 0.357. The second kappa shape index (κ2) is 19.5. The number of rotatable bonds is 14. The van der Waals surface area contributed by atoms with Gasteiger partial charge in [-0.25, -0.2) is 34.6 Å². The number of carboxylic acids is 1. The van der Waals surface area contributed by atoms with Crippen LogP contribution in [0.5, 0.6) is 0 Å². The molecule has 61 heavy (non-hydrogen) atoms. The molecule has 0 atom stereocenters. The molecule has 14 nitrogen and oxygen atoms in total. The SMILES string of the molecule is CC1(C)C(/C=C/C2=C(c3ccc(C(=O)O)cc3)C(=C/C=C3/N(CCCS(=O)(=O)[O-])c4ccc(S(=O)(=O)[O-])cc4C3(C)C)/CCC2)=Nc2c1ccc[n+]2CCCS(=O)(=O)[O-].[Na+].[Na+]. The number of aromatic carboxylic acids is 1. The Kier molecular flexibility index (Phi) is 16.3. The first-order valence-electron chi connectivity index (χ1n) is 19.0. The van der Waals surface area contributed by atoms with Crippen molar-refractivity contribution in [2.45, 2.75) is 82.1 Å². The maximum absolute atomic E-state index is 12.0. The number of aliphatic imine (C=N–C) groups is 1. The van der Waals surface area contributed by atoms with E-state index in [1.165, 1.54) is 18.2 Å². The number of benzene rings is 2. The van der Waals surface area contributed by atoms with Gasteiger partial charge in [0.25, 0.3) is 0 Å². The van der Waals surface area contributed by atoms with Crippen molar-refractivity contribution in [1.29, 1.82) is 0 Å². The number of pyridine rings is 1. The fourth-order valence-corrected chi connectivity index (χ4v) is 9.57. The maximum Gasteiger partial charge on any atom is 1.00 e. The number of fused-ring (bicyclic) bond motifs is 2. The summed E-state index contributed by atoms with van der Waals surface area (Å²) in [6, 6.07) is 14.5. The molecule has 0 bridgehead atoms. The van der Waals surface area contributed by atoms with Gasteiger partial charge in [-0.3, -0.25) is 0 Å². The number of aryl methyl sites for hydroxylation is 1. The van der Waals surface area contributed by atoms with Gasteiger partial charge < -0.3 is 23.7 Å². The van der Waals surface area contributed by atoms with Crippen molar-refractivity contribution < 1.29 is 112 Å². The summed E-state index contributed by atoms with van der Waals surface area (Å²) in [6.07, 6.45) is 11.9. The molecule has 3 heterocycles. The topological polar surface area (TPSA) is 228 Å². The van der Waals surface area contributed by atoms with Crippen LogP contribution in [-0.4, -0.2) is 73.7 Å². The molecule has 6 rings (SSSR count). The van der Waals surface area contributed by atoms with Gasteiger partial charge in [0.1, 0.15) is 10.1 Å². The molecule has 0 saturated carbocycles. The molecule has 0 amide bonds. The zero-order chi connectivity index (χ0) is 43.1. The second-order valence-corrected chi connectivity index (χ2v) is 20.3. The third-order valence-corrected chi connectivity index (χ3v) is 13.6. The molecule has 0 radical (unpaired) electrons. The minimum atomic E-state index is -4.78. The van der Waals surface area contributed by atoms with Crippen molar-refractivity contribution >= 4 is 59.1 Å². The summed E-state index contributed by atoms with van der Waals surface area (Å²) in [4.78, 5) is 18.2. The molecule has 3 aromatic rings. The summed E-state index contributed by atoms with van der Waals surface area (Å²) in [5.41, 5.74) is 5.80. The van der Waals surface area contributed by atoms with Crippen molar-refractivity contribution in [3.05, 3.63) is 124 Å². The van der Waals surface area contributed by atoms with Crippen LogP contribution in [0.3, 0.4) is 0 Å². The molecule has 0 fully saturated rings. The average Bonchev–Trinajstić information content (AvgIpc) is 3.52. The van der Waals surface area contributed by atoms with Crippen LogP contribution < -0.4 is 68.6 Å². The molecule has 19 heteroatoms. The van der Waals surface area contributed by atoms with Gasteiger partial charge in [0.15, 0.2) is 5.71 Å². The smallest absolute Gasteiger partial charge is 0.748 e. The van der Waals surface area contributed by atoms with Crippen LogP contribution >= 0.6 is 0 Å². The van der Waals surface area contributed by atoms with Crippen molar-refractivity contribution in [1.82, 2.24) is 0 Å². The van der Waals surface area contributed by atoms with Crippen LogP contribution in [0.25, 0.3) is 5.57 Å². The summed E-state index contributed by atoms with van der Waals surface area (Å²) >= 11 is 0. The van der Waals surface area contributed by atoms with E-state index in [-0.39, 0.29) is 84.1 Å². The Hall–Kier alpha value is -2.78. The Bertz CT molecular complexity index is 2710. The van der Waals surface area contributed by atoms with E-state index in [1.54, 1.807) is 30.5 Å². The predicted octanol–water partition coefficient (Wildman–Crippen LogP) is -0.379. The van der Waals surface area contributed by atoms with Gasteiger partial charge in [0.05, 0.1) is 54.4 Å². The minimum absolute atomic E-state index is 0. The van der Waals surface area contributed by atoms with Crippen LogP contribution in [0.15, 0.2) is 112 Å². The Morgan fingerprint density at radius 2 is 1.49 bits per heavy atom. The van der Waals surface area contributed by atoms with Crippen LogP contribution in [-0.2, 0) is 47.7 Å². The second-order valence-electron chi connectivity index (χ2n) is 15.9. The summed E-state index contributed by atoms with van der Waals surface area (Å²) in [6.45, 7) is 8.25. The van der Waals surface area contributed by atoms with E-state index < -0.39 is 63.6 Å². The van der Waals surface area contributed by atoms with E-state index in [0.717, 1.165) is 40.0 Å². The number of allylic oxidation sites excluding steroid dienone is 8. The van der Waals surface area contributed by atoms with E-state index in [0.29, 0.717) is 42.2 Å². The number of hydrogen-bond acceptors (Lipinski definition) is 12. The molecule has 1 aliphatic carbocycles. The van der Waals surface area contributed by atoms with Crippen LogP contribution in [0.1, 0.15) is 86.8 Å². The van der Waals surface area contributed by atoms with Gasteiger partial charge in [0.2, 0.25) is 0 Å². The number of aromatic nitrogens is 1. The Morgan fingerprint density at radius 3 is 2.11 bits per heavy atom. The molecule has 3 aliphatic rings. The quantitative estimate of drug-likeness (QED) is 0.124. The van der Waals surface area contributed by atoms with Crippen LogP contribution in [0, 0.1) is 0 Å². The summed E-state index contributed by atoms with van der Waals surface area (Å²) in [7, 11) is -13.7. The zero-order valence-corrected chi connectivity index (χ0v) is 41.5. The van der Waals surface area contributed by atoms with Gasteiger partial charge in [-0.2, -0.15) is 0 Å². The average molecular weight is 910 g/mol. The summed E-state index contributed by atoms with van der Waals surface area (Å²) in [5.74, 6) is -1.48. The number of nitrogens with zero attached hydrogens (tertiary/aromatic N) is 3. The number of hydrogen-bond donors (Lipinski definition) is 1. The van der Waals surface area contributed by atoms with Gasteiger partial charge in [0, 0.05) is 34.8 Å². The van der Waals surface area contributed by atoms with E-state index >= 15 is 0 Å². The van der Waals surface area contributed by atoms with E-state index in [1.807, 2.05) is 73.6 Å². The molecule has 314 valence electrons. The number of carboxylic acid groups (broad SMARTS) is 1. The third-order valence-electron chi connectivity index (χ3n) is 11.1. The molecule has 0 unspecified atom stereocenters. The Morgan fingerprint density at radius 1 is 0.836 bits per heavy atom. The van der Waals surface area contributed by atoms with Crippen LogP contribution in [0.2, 0.25) is 0 Å². The molecule has 0 saturated heterocycles. The Labute approximate surface area is 402 Å². The van der Waals surface area contributed by atoms with Crippen molar-refractivity contribution in [2.75, 3.05) is 23.0 Å². The van der Waals surface area contributed by atoms with Crippen LogP contribution in [0.4, 0.5) is 11.5 Å². The molecule has 0 spiro atoms. The minimum Gasteiger partial charge on any atom is -0.748 e. The molecular formula is C42H45N3Na2O11S3. The van der Waals surface area contributed by atoms with Crippen molar-refractivity contribution in [2.24, 2.45) is 4.99 Å². The monoisotopic (exact) mass is 909 g/mol. The molecule has 2 aliphatic heterocycles. The van der Waals surface area contributed by atoms with E-state index in [9.17, 15) is 48.8 Å².